The Kier molecular flexibility index (Phi) is 10.4. The molecule has 3 atom stereocenters. The minimum absolute atomic E-state index is 0.00380. The zero-order valence-corrected chi connectivity index (χ0v) is 26.6. The second-order valence-electron chi connectivity index (χ2n) is 12.6. The number of halogens is 2. The van der Waals surface area contributed by atoms with Gasteiger partial charge in [0.1, 0.15) is 17.4 Å². The van der Waals surface area contributed by atoms with Gasteiger partial charge in [-0.3, -0.25) is 9.59 Å². The van der Waals surface area contributed by atoms with Gasteiger partial charge < -0.3 is 30.5 Å². The van der Waals surface area contributed by atoms with Gasteiger partial charge in [0.05, 0.1) is 35.9 Å². The number of hydrogen-bond acceptors (Lipinski definition) is 6. The van der Waals surface area contributed by atoms with Crippen molar-refractivity contribution < 1.29 is 33.3 Å². The number of likely N-dealkylation sites (tertiary alicyclic amines) is 1. The van der Waals surface area contributed by atoms with Crippen LogP contribution in [0.3, 0.4) is 0 Å². The molecule has 0 bridgehead atoms. The van der Waals surface area contributed by atoms with E-state index in [1.165, 1.54) is 11.6 Å². The summed E-state index contributed by atoms with van der Waals surface area (Å²) in [4.78, 5) is 28.9. The van der Waals surface area contributed by atoms with Gasteiger partial charge in [-0.1, -0.05) is 31.2 Å². The van der Waals surface area contributed by atoms with Crippen molar-refractivity contribution in [2.45, 2.75) is 76.1 Å². The predicted molar refractivity (Wildman–Crippen MR) is 171 cm³/mol. The molecule has 3 aromatic rings. The molecule has 1 aliphatic carbocycles. The zero-order valence-electron chi connectivity index (χ0n) is 26.6. The van der Waals surface area contributed by atoms with E-state index < -0.39 is 41.3 Å². The highest BCUT2D eigenvalue weighted by Gasteiger charge is 2.44. The molecule has 8 nitrogen and oxygen atoms in total. The topological polar surface area (TPSA) is 111 Å². The van der Waals surface area contributed by atoms with E-state index >= 15 is 0 Å². The Morgan fingerprint density at radius 3 is 2.46 bits per heavy atom. The normalized spacial score (nSPS) is 18.3. The molecule has 3 aromatic carbocycles. The molecule has 0 unspecified atom stereocenters. The van der Waals surface area contributed by atoms with Crippen LogP contribution in [0.4, 0.5) is 8.78 Å². The molecule has 1 aliphatic heterocycles. The van der Waals surface area contributed by atoms with E-state index in [1.807, 2.05) is 6.07 Å². The molecule has 2 fully saturated rings. The van der Waals surface area contributed by atoms with Gasteiger partial charge in [-0.05, 0) is 92.0 Å². The number of hydrogen-bond donors (Lipinski definition) is 4. The number of amides is 2. The SMILES string of the molecule is CCc1cccc(C2(NC[C@@H](O)[C@H](Cc3cc(F)cc(F)c3)NC(=O)c3cc(C)cc(C(=O)N4CCC[C@@H]4COC)c3O)CC2)c1. The van der Waals surface area contributed by atoms with E-state index in [-0.39, 0.29) is 41.2 Å². The molecular formula is C36H43F2N3O5. The quantitative estimate of drug-likeness (QED) is 0.215. The lowest BCUT2D eigenvalue weighted by Gasteiger charge is -2.28. The first-order valence-corrected chi connectivity index (χ1v) is 16.0. The highest BCUT2D eigenvalue weighted by Crippen LogP contribution is 2.45. The molecule has 10 heteroatoms. The second kappa shape index (κ2) is 14.3. The highest BCUT2D eigenvalue weighted by molar-refractivity contribution is 6.04. The van der Waals surface area contributed by atoms with Gasteiger partial charge in [-0.15, -0.1) is 0 Å². The molecule has 0 spiro atoms. The number of aryl methyl sites for hydroxylation is 2. The molecule has 1 saturated heterocycles. The average molecular weight is 636 g/mol. The first kappa shape index (κ1) is 33.5. The third-order valence-electron chi connectivity index (χ3n) is 9.17. The second-order valence-corrected chi connectivity index (χ2v) is 12.6. The summed E-state index contributed by atoms with van der Waals surface area (Å²) in [5.74, 6) is -3.12. The highest BCUT2D eigenvalue weighted by atomic mass is 19.1. The summed E-state index contributed by atoms with van der Waals surface area (Å²) >= 11 is 0. The first-order valence-electron chi connectivity index (χ1n) is 16.0. The Morgan fingerprint density at radius 1 is 1.07 bits per heavy atom. The van der Waals surface area contributed by atoms with Crippen molar-refractivity contribution in [1.29, 1.82) is 0 Å². The van der Waals surface area contributed by atoms with Gasteiger partial charge in [0.15, 0.2) is 0 Å². The zero-order chi connectivity index (χ0) is 33.0. The monoisotopic (exact) mass is 635 g/mol. The maximum absolute atomic E-state index is 14.1. The molecule has 1 heterocycles. The number of nitrogens with zero attached hydrogens (tertiary/aromatic N) is 1. The average Bonchev–Trinajstić information content (AvgIpc) is 3.69. The minimum Gasteiger partial charge on any atom is -0.506 e. The number of aliphatic hydroxyl groups is 1. The molecule has 5 rings (SSSR count). The largest absolute Gasteiger partial charge is 0.506 e. The van der Waals surface area contributed by atoms with E-state index in [2.05, 4.69) is 35.8 Å². The number of aliphatic hydroxyl groups excluding tert-OH is 1. The third-order valence-corrected chi connectivity index (χ3v) is 9.17. The number of phenolic OH excluding ortho intramolecular Hbond substituents is 1. The van der Waals surface area contributed by atoms with Gasteiger partial charge >= 0.3 is 0 Å². The number of carbonyl (C=O) groups excluding carboxylic acids is 2. The fourth-order valence-corrected chi connectivity index (χ4v) is 6.47. The molecule has 2 amide bonds. The summed E-state index contributed by atoms with van der Waals surface area (Å²) in [5, 5.41) is 28.9. The summed E-state index contributed by atoms with van der Waals surface area (Å²) in [7, 11) is 1.57. The minimum atomic E-state index is -1.16. The van der Waals surface area contributed by atoms with Gasteiger partial charge in [0.25, 0.3) is 11.8 Å². The van der Waals surface area contributed by atoms with Gasteiger partial charge in [0.2, 0.25) is 0 Å². The first-order chi connectivity index (χ1) is 22.0. The molecule has 246 valence electrons. The van der Waals surface area contributed by atoms with E-state index in [0.717, 1.165) is 55.9 Å². The number of carbonyl (C=O) groups is 2. The molecule has 0 aromatic heterocycles. The maximum Gasteiger partial charge on any atom is 0.257 e. The lowest BCUT2D eigenvalue weighted by molar-refractivity contribution is 0.0627. The number of phenols is 1. The van der Waals surface area contributed by atoms with Crippen LogP contribution in [0, 0.1) is 18.6 Å². The Balaban J connectivity index is 1.38. The van der Waals surface area contributed by atoms with Gasteiger partial charge in [-0.2, -0.15) is 0 Å². The number of benzene rings is 3. The molecule has 2 aliphatic rings. The summed E-state index contributed by atoms with van der Waals surface area (Å²) in [6.45, 7) is 4.78. The lowest BCUT2D eigenvalue weighted by atomic mass is 9.97. The van der Waals surface area contributed by atoms with Crippen molar-refractivity contribution in [2.24, 2.45) is 0 Å². The smallest absolute Gasteiger partial charge is 0.257 e. The number of methoxy groups -OCH3 is 1. The van der Waals surface area contributed by atoms with Crippen LogP contribution in [-0.2, 0) is 23.1 Å². The summed E-state index contributed by atoms with van der Waals surface area (Å²) in [5.41, 5.74) is 2.75. The maximum atomic E-state index is 14.1. The van der Waals surface area contributed by atoms with E-state index in [1.54, 1.807) is 25.0 Å². The van der Waals surface area contributed by atoms with Crippen molar-refractivity contribution in [3.8, 4) is 5.75 Å². The molecule has 4 N–H and O–H groups in total. The van der Waals surface area contributed by atoms with Crippen LogP contribution in [0.25, 0.3) is 0 Å². The number of aromatic hydroxyl groups is 1. The van der Waals surface area contributed by atoms with E-state index in [0.29, 0.717) is 18.7 Å². The van der Waals surface area contributed by atoms with Crippen molar-refractivity contribution in [1.82, 2.24) is 15.5 Å². The Hall–Kier alpha value is -3.86. The van der Waals surface area contributed by atoms with Crippen LogP contribution in [0.2, 0.25) is 0 Å². The standard InChI is InChI=1S/C36H43F2N3O5/c1-4-23-7-5-8-25(15-23)36(10-11-36)39-20-32(42)31(18-24-16-26(37)19-27(38)17-24)40-34(44)29-13-22(2)14-30(33(29)43)35(45)41-12-6-9-28(41)21-46-3/h5,7-8,13-17,19,28,31-32,39,42-43H,4,6,9-12,18,20-21H2,1-3H3,(H,40,44)/t28-,31+,32-/m1/s1. The Labute approximate surface area is 268 Å². The van der Waals surface area contributed by atoms with Crippen molar-refractivity contribution in [2.75, 3.05) is 26.8 Å². The third kappa shape index (κ3) is 7.57. The predicted octanol–water partition coefficient (Wildman–Crippen LogP) is 4.77. The summed E-state index contributed by atoms with van der Waals surface area (Å²) < 4.78 is 33.5. The van der Waals surface area contributed by atoms with Crippen molar-refractivity contribution in [3.05, 3.63) is 99.6 Å². The van der Waals surface area contributed by atoms with Gasteiger partial charge in [-0.25, -0.2) is 8.78 Å². The fourth-order valence-electron chi connectivity index (χ4n) is 6.47. The number of nitrogens with one attached hydrogen (secondary N) is 2. The van der Waals surface area contributed by atoms with Crippen LogP contribution in [0.1, 0.15) is 75.6 Å². The van der Waals surface area contributed by atoms with Gasteiger partial charge in [0, 0.05) is 31.8 Å². The van der Waals surface area contributed by atoms with Crippen molar-refractivity contribution in [3.63, 3.8) is 0 Å². The van der Waals surface area contributed by atoms with Crippen LogP contribution in [0.15, 0.2) is 54.6 Å². The molecule has 0 radical (unpaired) electrons. The van der Waals surface area contributed by atoms with E-state index in [4.69, 9.17) is 4.74 Å². The molecule has 46 heavy (non-hydrogen) atoms. The molecule has 1 saturated carbocycles. The molecular weight excluding hydrogens is 592 g/mol. The number of ether oxygens (including phenoxy) is 1. The number of rotatable bonds is 13. The lowest BCUT2D eigenvalue weighted by Crippen LogP contribution is -2.50. The van der Waals surface area contributed by atoms with Crippen LogP contribution < -0.4 is 10.6 Å². The van der Waals surface area contributed by atoms with Crippen molar-refractivity contribution >= 4 is 11.8 Å². The van der Waals surface area contributed by atoms with Crippen LogP contribution in [0.5, 0.6) is 5.75 Å². The van der Waals surface area contributed by atoms with Crippen LogP contribution in [-0.4, -0.2) is 71.9 Å². The van der Waals surface area contributed by atoms with Crippen LogP contribution >= 0.6 is 0 Å². The summed E-state index contributed by atoms with van der Waals surface area (Å²) in [6, 6.07) is 13.3. The fraction of sp³-hybridized carbons (Fsp3) is 0.444. The Morgan fingerprint density at radius 2 is 1.78 bits per heavy atom. The Bertz CT molecular complexity index is 1560. The summed E-state index contributed by atoms with van der Waals surface area (Å²) in [6.07, 6.45) is 3.01. The van der Waals surface area contributed by atoms with E-state index in [9.17, 15) is 28.6 Å².